The minimum atomic E-state index is -0.986. The highest BCUT2D eigenvalue weighted by atomic mass is 79.9. The van der Waals surface area contributed by atoms with Crippen LogP contribution in [0.3, 0.4) is 0 Å². The number of hydrogen-bond donors (Lipinski definition) is 2. The molecular weight excluding hydrogens is 332 g/mol. The van der Waals surface area contributed by atoms with Crippen molar-refractivity contribution in [2.75, 3.05) is 5.32 Å². The van der Waals surface area contributed by atoms with Gasteiger partial charge in [-0.2, -0.15) is 0 Å². The number of aryl methyl sites for hydroxylation is 1. The minimum absolute atomic E-state index is 0.190. The van der Waals surface area contributed by atoms with Gasteiger partial charge in [-0.3, -0.25) is 0 Å². The lowest BCUT2D eigenvalue weighted by atomic mass is 10.2. The van der Waals surface area contributed by atoms with E-state index in [-0.39, 0.29) is 5.56 Å². The Hall–Kier alpha value is -1.59. The van der Waals surface area contributed by atoms with Gasteiger partial charge in [0, 0.05) is 0 Å². The van der Waals surface area contributed by atoms with Gasteiger partial charge in [-0.1, -0.05) is 17.7 Å². The second kappa shape index (κ2) is 5.59. The maximum absolute atomic E-state index is 10.9. The van der Waals surface area contributed by atoms with Crippen molar-refractivity contribution in [3.63, 3.8) is 0 Å². The van der Waals surface area contributed by atoms with Crippen LogP contribution in [-0.2, 0) is 0 Å². The van der Waals surface area contributed by atoms with Crippen LogP contribution in [0.25, 0.3) is 0 Å². The molecule has 0 atom stereocenters. The Morgan fingerprint density at radius 2 is 2.11 bits per heavy atom. The lowest BCUT2D eigenvalue weighted by molar-refractivity contribution is 0.0695. The van der Waals surface area contributed by atoms with Crippen LogP contribution in [0.5, 0.6) is 0 Å². The zero-order valence-electron chi connectivity index (χ0n) is 9.95. The Morgan fingerprint density at radius 3 is 2.74 bits per heavy atom. The van der Waals surface area contributed by atoms with Crippen LogP contribution in [0.4, 0.5) is 11.5 Å². The smallest absolute Gasteiger partial charge is 0.337 e. The first-order chi connectivity index (χ1) is 8.99. The van der Waals surface area contributed by atoms with Crippen molar-refractivity contribution in [2.45, 2.75) is 6.92 Å². The fourth-order valence-electron chi connectivity index (χ4n) is 1.60. The first-order valence-corrected chi connectivity index (χ1v) is 6.58. The normalized spacial score (nSPS) is 10.3. The lowest BCUT2D eigenvalue weighted by Crippen LogP contribution is -2.03. The van der Waals surface area contributed by atoms with Gasteiger partial charge in [-0.25, -0.2) is 9.78 Å². The van der Waals surface area contributed by atoms with Crippen LogP contribution in [0, 0.1) is 6.92 Å². The average molecular weight is 342 g/mol. The molecule has 0 saturated carbocycles. The van der Waals surface area contributed by atoms with E-state index in [0.717, 1.165) is 10.2 Å². The second-order valence-corrected chi connectivity index (χ2v) is 5.06. The Bertz CT molecular complexity index is 647. The summed E-state index contributed by atoms with van der Waals surface area (Å²) in [6.45, 7) is 1.65. The van der Waals surface area contributed by atoms with Gasteiger partial charge >= 0.3 is 5.97 Å². The van der Waals surface area contributed by atoms with E-state index in [1.165, 1.54) is 6.07 Å². The van der Waals surface area contributed by atoms with Crippen LogP contribution >= 0.6 is 27.5 Å². The summed E-state index contributed by atoms with van der Waals surface area (Å²) in [5, 5.41) is 12.6. The fourth-order valence-corrected chi connectivity index (χ4v) is 2.13. The van der Waals surface area contributed by atoms with Gasteiger partial charge in [0.1, 0.15) is 5.82 Å². The Kier molecular flexibility index (Phi) is 4.07. The van der Waals surface area contributed by atoms with Gasteiger partial charge < -0.3 is 10.4 Å². The maximum atomic E-state index is 10.9. The van der Waals surface area contributed by atoms with Gasteiger partial charge in [0.05, 0.1) is 26.4 Å². The van der Waals surface area contributed by atoms with E-state index in [2.05, 4.69) is 26.2 Å². The van der Waals surface area contributed by atoms with E-state index in [9.17, 15) is 4.79 Å². The molecular formula is C13H10BrClN2O2. The number of aromatic nitrogens is 1. The molecule has 0 aliphatic carbocycles. The van der Waals surface area contributed by atoms with Gasteiger partial charge in [0.15, 0.2) is 0 Å². The highest BCUT2D eigenvalue weighted by molar-refractivity contribution is 9.10. The molecule has 0 aliphatic heterocycles. The van der Waals surface area contributed by atoms with Crippen molar-refractivity contribution in [1.82, 2.24) is 4.98 Å². The molecule has 0 bridgehead atoms. The average Bonchev–Trinajstić information content (AvgIpc) is 2.34. The first-order valence-electron chi connectivity index (χ1n) is 5.41. The molecule has 0 fully saturated rings. The van der Waals surface area contributed by atoms with E-state index in [4.69, 9.17) is 16.7 Å². The zero-order valence-corrected chi connectivity index (χ0v) is 12.3. The maximum Gasteiger partial charge on any atom is 0.337 e. The molecule has 1 aromatic carbocycles. The molecule has 0 saturated heterocycles. The monoisotopic (exact) mass is 340 g/mol. The van der Waals surface area contributed by atoms with E-state index < -0.39 is 5.97 Å². The molecule has 1 aromatic heterocycles. The molecule has 0 unspecified atom stereocenters. The van der Waals surface area contributed by atoms with Gasteiger partial charge in [0.25, 0.3) is 0 Å². The van der Waals surface area contributed by atoms with Crippen LogP contribution in [-0.4, -0.2) is 16.1 Å². The minimum Gasteiger partial charge on any atom is -0.478 e. The molecule has 2 aromatic rings. The highest BCUT2D eigenvalue weighted by Gasteiger charge is 2.10. The summed E-state index contributed by atoms with van der Waals surface area (Å²) in [6, 6.07) is 8.56. The molecule has 19 heavy (non-hydrogen) atoms. The van der Waals surface area contributed by atoms with Gasteiger partial charge in [0.2, 0.25) is 0 Å². The second-order valence-electron chi connectivity index (χ2n) is 3.86. The zero-order chi connectivity index (χ0) is 14.0. The molecule has 98 valence electrons. The van der Waals surface area contributed by atoms with E-state index in [1.807, 2.05) is 12.1 Å². The fraction of sp³-hybridized carbons (Fsp3) is 0.0769. The number of carboxylic acids is 1. The summed E-state index contributed by atoms with van der Waals surface area (Å²) in [5.41, 5.74) is 1.41. The summed E-state index contributed by atoms with van der Waals surface area (Å²) in [6.07, 6.45) is 0. The predicted molar refractivity (Wildman–Crippen MR) is 78.4 cm³/mol. The molecule has 0 amide bonds. The molecule has 1 heterocycles. The summed E-state index contributed by atoms with van der Waals surface area (Å²) in [7, 11) is 0. The molecule has 2 N–H and O–H groups in total. The third-order valence-electron chi connectivity index (χ3n) is 2.53. The molecule has 2 rings (SSSR count). The summed E-state index contributed by atoms with van der Waals surface area (Å²) in [5.74, 6) is -0.425. The largest absolute Gasteiger partial charge is 0.478 e. The van der Waals surface area contributed by atoms with E-state index in [0.29, 0.717) is 16.5 Å². The molecule has 0 spiro atoms. The summed E-state index contributed by atoms with van der Waals surface area (Å²) >= 11 is 9.37. The quantitative estimate of drug-likeness (QED) is 0.876. The predicted octanol–water partition coefficient (Wildman–Crippen LogP) is 4.25. The Morgan fingerprint density at radius 1 is 1.37 bits per heavy atom. The SMILES string of the molecule is Cc1nc(Nc2cccc(Cl)c2Br)ccc1C(=O)O. The van der Waals surface area contributed by atoms with E-state index in [1.54, 1.807) is 19.1 Å². The number of nitrogens with zero attached hydrogens (tertiary/aromatic N) is 1. The molecule has 4 nitrogen and oxygen atoms in total. The molecule has 6 heteroatoms. The first kappa shape index (κ1) is 13.8. The van der Waals surface area contributed by atoms with Crippen molar-refractivity contribution in [3.05, 3.63) is 51.1 Å². The Labute approximate surface area is 123 Å². The van der Waals surface area contributed by atoms with Crippen molar-refractivity contribution < 1.29 is 9.90 Å². The number of nitrogens with one attached hydrogen (secondary N) is 1. The summed E-state index contributed by atoms with van der Waals surface area (Å²) < 4.78 is 0.735. The number of benzene rings is 1. The van der Waals surface area contributed by atoms with Gasteiger partial charge in [-0.15, -0.1) is 0 Å². The van der Waals surface area contributed by atoms with Crippen molar-refractivity contribution >= 4 is 45.0 Å². The van der Waals surface area contributed by atoms with Crippen molar-refractivity contribution in [1.29, 1.82) is 0 Å². The topological polar surface area (TPSA) is 62.2 Å². The van der Waals surface area contributed by atoms with Crippen LogP contribution < -0.4 is 5.32 Å². The molecule has 0 aliphatic rings. The lowest BCUT2D eigenvalue weighted by Gasteiger charge is -2.10. The number of pyridine rings is 1. The van der Waals surface area contributed by atoms with Crippen molar-refractivity contribution in [2.24, 2.45) is 0 Å². The number of rotatable bonds is 3. The summed E-state index contributed by atoms with van der Waals surface area (Å²) in [4.78, 5) is 15.1. The number of halogens is 2. The number of hydrogen-bond acceptors (Lipinski definition) is 3. The van der Waals surface area contributed by atoms with Crippen LogP contribution in [0.15, 0.2) is 34.8 Å². The van der Waals surface area contributed by atoms with Gasteiger partial charge in [-0.05, 0) is 47.1 Å². The third kappa shape index (κ3) is 3.05. The number of aromatic carboxylic acids is 1. The Balaban J connectivity index is 2.32. The van der Waals surface area contributed by atoms with Crippen LogP contribution in [0.1, 0.15) is 16.1 Å². The highest BCUT2D eigenvalue weighted by Crippen LogP contribution is 2.31. The standard InChI is InChI=1S/C13H10BrClN2O2/c1-7-8(13(18)19)5-6-11(16-7)17-10-4-2-3-9(15)12(10)14/h2-6H,1H3,(H,16,17)(H,18,19). The number of carbonyl (C=O) groups is 1. The van der Waals surface area contributed by atoms with Crippen LogP contribution in [0.2, 0.25) is 5.02 Å². The van der Waals surface area contributed by atoms with E-state index >= 15 is 0 Å². The molecule has 0 radical (unpaired) electrons. The number of anilines is 2. The number of carboxylic acid groups (broad SMARTS) is 1. The van der Waals surface area contributed by atoms with Crippen molar-refractivity contribution in [3.8, 4) is 0 Å². The third-order valence-corrected chi connectivity index (χ3v) is 3.93.